The minimum Gasteiger partial charge on any atom is -0.469 e. The highest BCUT2D eigenvalue weighted by Gasteiger charge is 2.38. The zero-order valence-corrected chi connectivity index (χ0v) is 19.0. The molecule has 0 amide bonds. The fraction of sp³-hybridized carbons (Fsp3) is 0.864. The van der Waals surface area contributed by atoms with Crippen molar-refractivity contribution in [2.75, 3.05) is 13.7 Å². The van der Waals surface area contributed by atoms with Crippen molar-refractivity contribution < 1.29 is 33.3 Å². The van der Waals surface area contributed by atoms with E-state index in [-0.39, 0.29) is 23.6 Å². The Morgan fingerprint density at radius 3 is 2.14 bits per heavy atom. The van der Waals surface area contributed by atoms with Crippen molar-refractivity contribution in [2.45, 2.75) is 97.9 Å². The first-order chi connectivity index (χ1) is 13.4. The minimum absolute atomic E-state index is 0.123. The van der Waals surface area contributed by atoms with Crippen molar-refractivity contribution in [3.63, 3.8) is 0 Å². The van der Waals surface area contributed by atoms with E-state index in [1.165, 1.54) is 7.11 Å². The van der Waals surface area contributed by atoms with Crippen molar-refractivity contribution >= 4 is 17.9 Å². The number of ether oxygens (including phenoxy) is 4. The predicted octanol–water partition coefficient (Wildman–Crippen LogP) is 3.81. The number of hydrogen-bond acceptors (Lipinski definition) is 7. The Kier molecular flexibility index (Phi) is 9.59. The van der Waals surface area contributed by atoms with Crippen molar-refractivity contribution in [3.8, 4) is 0 Å². The van der Waals surface area contributed by atoms with Gasteiger partial charge in [-0.1, -0.05) is 13.8 Å². The zero-order valence-electron chi connectivity index (χ0n) is 19.0. The standard InChI is InChI=1S/C22H38O7/c1-8-21(3,4)20(25)27-14-19(24)28-16-11-10-15(13-18(23)26-7)12-17(16)29-22(5,6)9-2/h15-17H,8-14H2,1-7H3. The molecule has 0 saturated heterocycles. The second-order valence-corrected chi connectivity index (χ2v) is 9.07. The normalized spacial score (nSPS) is 22.7. The van der Waals surface area contributed by atoms with Crippen LogP contribution in [0.15, 0.2) is 0 Å². The van der Waals surface area contributed by atoms with Crippen LogP contribution in [-0.2, 0) is 33.3 Å². The highest BCUT2D eigenvalue weighted by molar-refractivity contribution is 5.79. The fourth-order valence-electron chi connectivity index (χ4n) is 3.11. The van der Waals surface area contributed by atoms with Crippen LogP contribution < -0.4 is 0 Å². The van der Waals surface area contributed by atoms with Crippen LogP contribution in [0.1, 0.15) is 80.1 Å². The number of esters is 3. The molecular formula is C22H38O7. The lowest BCUT2D eigenvalue weighted by Crippen LogP contribution is -2.44. The molecule has 7 nitrogen and oxygen atoms in total. The van der Waals surface area contributed by atoms with Crippen molar-refractivity contribution in [2.24, 2.45) is 11.3 Å². The Bertz CT molecular complexity index is 568. The third-order valence-corrected chi connectivity index (χ3v) is 5.89. The molecule has 0 aliphatic heterocycles. The van der Waals surface area contributed by atoms with Crippen LogP contribution in [0.2, 0.25) is 0 Å². The largest absolute Gasteiger partial charge is 0.469 e. The summed E-state index contributed by atoms with van der Waals surface area (Å²) in [6.45, 7) is 11.1. The van der Waals surface area contributed by atoms with Gasteiger partial charge in [0.05, 0.1) is 24.2 Å². The highest BCUT2D eigenvalue weighted by Crippen LogP contribution is 2.34. The maximum absolute atomic E-state index is 12.3. The molecule has 1 aliphatic carbocycles. The molecule has 1 saturated carbocycles. The van der Waals surface area contributed by atoms with Gasteiger partial charge in [0.1, 0.15) is 6.10 Å². The van der Waals surface area contributed by atoms with Gasteiger partial charge in [0.2, 0.25) is 0 Å². The number of rotatable bonds is 10. The van der Waals surface area contributed by atoms with Crippen LogP contribution in [0.3, 0.4) is 0 Å². The third-order valence-electron chi connectivity index (χ3n) is 5.89. The first-order valence-electron chi connectivity index (χ1n) is 10.6. The molecule has 1 fully saturated rings. The summed E-state index contributed by atoms with van der Waals surface area (Å²) in [6.07, 6.45) is 2.93. The van der Waals surface area contributed by atoms with E-state index < -0.39 is 30.1 Å². The van der Waals surface area contributed by atoms with E-state index in [9.17, 15) is 14.4 Å². The van der Waals surface area contributed by atoms with Gasteiger partial charge in [-0.2, -0.15) is 0 Å². The molecule has 3 unspecified atom stereocenters. The third kappa shape index (κ3) is 8.33. The molecule has 0 bridgehead atoms. The van der Waals surface area contributed by atoms with Crippen LogP contribution >= 0.6 is 0 Å². The zero-order chi connectivity index (χ0) is 22.2. The van der Waals surface area contributed by atoms with Gasteiger partial charge in [-0.05, 0) is 65.7 Å². The van der Waals surface area contributed by atoms with Gasteiger partial charge in [0, 0.05) is 6.42 Å². The van der Waals surface area contributed by atoms with E-state index in [4.69, 9.17) is 18.9 Å². The van der Waals surface area contributed by atoms with E-state index >= 15 is 0 Å². The van der Waals surface area contributed by atoms with Crippen LogP contribution in [0.5, 0.6) is 0 Å². The van der Waals surface area contributed by atoms with Crippen molar-refractivity contribution in [1.29, 1.82) is 0 Å². The molecule has 0 aromatic heterocycles. The Hall–Kier alpha value is -1.63. The quantitative estimate of drug-likeness (QED) is 0.397. The van der Waals surface area contributed by atoms with Gasteiger partial charge in [0.25, 0.3) is 0 Å². The Balaban J connectivity index is 2.71. The summed E-state index contributed by atoms with van der Waals surface area (Å²) in [5.41, 5.74) is -1.01. The average Bonchev–Trinajstić information content (AvgIpc) is 2.67. The second kappa shape index (κ2) is 11.0. The van der Waals surface area contributed by atoms with Crippen LogP contribution in [0, 0.1) is 11.3 Å². The lowest BCUT2D eigenvalue weighted by molar-refractivity contribution is -0.185. The van der Waals surface area contributed by atoms with Crippen LogP contribution in [0.25, 0.3) is 0 Å². The van der Waals surface area contributed by atoms with Gasteiger partial charge >= 0.3 is 17.9 Å². The maximum atomic E-state index is 12.3. The lowest BCUT2D eigenvalue weighted by Gasteiger charge is -2.39. The predicted molar refractivity (Wildman–Crippen MR) is 108 cm³/mol. The molecule has 168 valence electrons. The number of carbonyl (C=O) groups excluding carboxylic acids is 3. The van der Waals surface area contributed by atoms with E-state index in [0.29, 0.717) is 25.7 Å². The molecule has 0 heterocycles. The van der Waals surface area contributed by atoms with Crippen molar-refractivity contribution in [1.82, 2.24) is 0 Å². The monoisotopic (exact) mass is 414 g/mol. The van der Waals surface area contributed by atoms with E-state index in [2.05, 4.69) is 0 Å². The van der Waals surface area contributed by atoms with Crippen LogP contribution in [-0.4, -0.2) is 49.4 Å². The maximum Gasteiger partial charge on any atom is 0.344 e. The Morgan fingerprint density at radius 1 is 0.931 bits per heavy atom. The summed E-state index contributed by atoms with van der Waals surface area (Å²) in [6, 6.07) is 0. The molecule has 0 N–H and O–H groups in total. The molecular weight excluding hydrogens is 376 g/mol. The van der Waals surface area contributed by atoms with E-state index in [1.807, 2.05) is 27.7 Å². The number of methoxy groups -OCH3 is 1. The summed E-state index contributed by atoms with van der Waals surface area (Å²) in [5, 5.41) is 0. The Morgan fingerprint density at radius 2 is 1.59 bits per heavy atom. The molecule has 29 heavy (non-hydrogen) atoms. The fourth-order valence-corrected chi connectivity index (χ4v) is 3.11. The molecule has 0 aromatic carbocycles. The minimum atomic E-state index is -0.636. The van der Waals surface area contributed by atoms with Gasteiger partial charge in [-0.3, -0.25) is 9.59 Å². The number of carbonyl (C=O) groups is 3. The topological polar surface area (TPSA) is 88.1 Å². The summed E-state index contributed by atoms with van der Waals surface area (Å²) in [5.74, 6) is -1.12. The van der Waals surface area contributed by atoms with Gasteiger partial charge in [-0.25, -0.2) is 4.79 Å². The molecule has 1 aliphatic rings. The Labute approximate surface area is 174 Å². The number of hydrogen-bond donors (Lipinski definition) is 0. The molecule has 0 spiro atoms. The summed E-state index contributed by atoms with van der Waals surface area (Å²) in [7, 11) is 1.38. The second-order valence-electron chi connectivity index (χ2n) is 9.07. The van der Waals surface area contributed by atoms with Crippen molar-refractivity contribution in [3.05, 3.63) is 0 Å². The first kappa shape index (κ1) is 25.4. The summed E-state index contributed by atoms with van der Waals surface area (Å²) < 4.78 is 21.8. The average molecular weight is 415 g/mol. The molecule has 0 aromatic rings. The molecule has 1 rings (SSSR count). The molecule has 7 heteroatoms. The van der Waals surface area contributed by atoms with E-state index in [1.54, 1.807) is 13.8 Å². The van der Waals surface area contributed by atoms with Gasteiger partial charge in [0.15, 0.2) is 6.61 Å². The van der Waals surface area contributed by atoms with Gasteiger partial charge < -0.3 is 18.9 Å². The van der Waals surface area contributed by atoms with E-state index in [0.717, 1.165) is 12.8 Å². The molecule has 3 atom stereocenters. The lowest BCUT2D eigenvalue weighted by atomic mass is 9.83. The smallest absolute Gasteiger partial charge is 0.344 e. The first-order valence-corrected chi connectivity index (χ1v) is 10.6. The highest BCUT2D eigenvalue weighted by atomic mass is 16.6. The summed E-state index contributed by atoms with van der Waals surface area (Å²) in [4.78, 5) is 36.0. The molecule has 0 radical (unpaired) electrons. The van der Waals surface area contributed by atoms with Crippen LogP contribution in [0.4, 0.5) is 0 Å². The SMILES string of the molecule is CCC(C)(C)OC1CC(CC(=O)OC)CCC1OC(=O)COC(=O)C(C)(C)CC. The summed E-state index contributed by atoms with van der Waals surface area (Å²) >= 11 is 0. The van der Waals surface area contributed by atoms with Gasteiger partial charge in [-0.15, -0.1) is 0 Å².